The topological polar surface area (TPSA) is 48.5 Å². The second kappa shape index (κ2) is 8.18. The lowest BCUT2D eigenvalue weighted by Crippen LogP contribution is -2.44. The Balaban J connectivity index is 1.67. The molecule has 1 N–H and O–H groups in total. The normalized spacial score (nSPS) is 20.3. The summed E-state index contributed by atoms with van der Waals surface area (Å²) in [4.78, 5) is 22.7. The van der Waals surface area contributed by atoms with Crippen LogP contribution in [0.2, 0.25) is 0 Å². The van der Waals surface area contributed by atoms with Crippen molar-refractivity contribution in [3.8, 4) is 0 Å². The number of nitrogens with one attached hydrogen (secondary N) is 1. The van der Waals surface area contributed by atoms with Crippen LogP contribution in [0.25, 0.3) is 0 Å². The molecule has 0 radical (unpaired) electrons. The first kappa shape index (κ1) is 18.9. The molecule has 0 aromatic carbocycles. The lowest BCUT2D eigenvalue weighted by Gasteiger charge is -2.28. The van der Waals surface area contributed by atoms with Crippen molar-refractivity contribution >= 4 is 17.4 Å². The molecule has 2 aromatic heterocycles. The first-order valence-electron chi connectivity index (χ1n) is 9.09. The van der Waals surface area contributed by atoms with Gasteiger partial charge < -0.3 is 15.1 Å². The minimum atomic E-state index is -0.0146. The fourth-order valence-corrected chi connectivity index (χ4v) is 4.36. The predicted molar refractivity (Wildman–Crippen MR) is 106 cm³/mol. The van der Waals surface area contributed by atoms with Crippen LogP contribution >= 0.6 is 11.3 Å². The minimum absolute atomic E-state index is 0.0146. The van der Waals surface area contributed by atoms with E-state index >= 15 is 0 Å². The molecule has 140 valence electrons. The predicted octanol–water partition coefficient (Wildman–Crippen LogP) is 3.51. The van der Waals surface area contributed by atoms with E-state index in [0.717, 1.165) is 25.2 Å². The van der Waals surface area contributed by atoms with Gasteiger partial charge in [0.25, 0.3) is 0 Å². The Labute approximate surface area is 160 Å². The number of hydrogen-bond donors (Lipinski definition) is 1. The van der Waals surface area contributed by atoms with E-state index in [1.54, 1.807) is 17.5 Å². The van der Waals surface area contributed by atoms with Gasteiger partial charge in [-0.2, -0.15) is 0 Å². The van der Waals surface area contributed by atoms with Crippen molar-refractivity contribution in [2.75, 3.05) is 26.7 Å². The average molecular weight is 373 g/mol. The molecule has 1 saturated heterocycles. The maximum Gasteiger partial charge on any atom is 0.318 e. The first-order chi connectivity index (χ1) is 12.5. The number of rotatable bonds is 6. The third kappa shape index (κ3) is 4.83. The summed E-state index contributed by atoms with van der Waals surface area (Å²) in [5.74, 6) is 0. The molecule has 1 fully saturated rings. The highest BCUT2D eigenvalue weighted by atomic mass is 32.1. The summed E-state index contributed by atoms with van der Waals surface area (Å²) in [7, 11) is 2.14. The number of aryl methyl sites for hydroxylation is 1. The van der Waals surface area contributed by atoms with Crippen molar-refractivity contribution in [3.63, 3.8) is 0 Å². The molecule has 5 nitrogen and oxygen atoms in total. The Morgan fingerprint density at radius 1 is 1.38 bits per heavy atom. The van der Waals surface area contributed by atoms with Crippen LogP contribution in [-0.4, -0.2) is 47.5 Å². The maximum absolute atomic E-state index is 12.9. The van der Waals surface area contributed by atoms with Crippen LogP contribution in [0.1, 0.15) is 29.5 Å². The number of thiophene rings is 1. The van der Waals surface area contributed by atoms with Gasteiger partial charge in [-0.05, 0) is 61.5 Å². The number of hydrogen-bond acceptors (Lipinski definition) is 4. The smallest absolute Gasteiger partial charge is 0.318 e. The number of amides is 2. The van der Waals surface area contributed by atoms with Crippen LogP contribution in [0.5, 0.6) is 0 Å². The number of likely N-dealkylation sites (tertiary alicyclic amines) is 1. The van der Waals surface area contributed by atoms with E-state index < -0.39 is 0 Å². The van der Waals surface area contributed by atoms with Gasteiger partial charge in [0, 0.05) is 24.2 Å². The number of nitrogens with zero attached hydrogens (tertiary/aromatic N) is 3. The summed E-state index contributed by atoms with van der Waals surface area (Å²) in [6.45, 7) is 8.30. The van der Waals surface area contributed by atoms with Crippen LogP contribution < -0.4 is 5.32 Å². The summed E-state index contributed by atoms with van der Waals surface area (Å²) in [6.07, 6.45) is 2.89. The van der Waals surface area contributed by atoms with Gasteiger partial charge in [0.2, 0.25) is 0 Å². The van der Waals surface area contributed by atoms with Crippen molar-refractivity contribution in [2.45, 2.75) is 33.4 Å². The zero-order valence-electron chi connectivity index (χ0n) is 15.9. The minimum Gasteiger partial charge on any atom is -0.337 e. The van der Waals surface area contributed by atoms with Crippen LogP contribution in [0, 0.1) is 12.3 Å². The molecule has 0 spiro atoms. The quantitative estimate of drug-likeness (QED) is 0.844. The fraction of sp³-hybridized carbons (Fsp3) is 0.500. The van der Waals surface area contributed by atoms with Crippen molar-refractivity contribution in [2.24, 2.45) is 5.41 Å². The van der Waals surface area contributed by atoms with Gasteiger partial charge in [0.05, 0.1) is 18.8 Å². The van der Waals surface area contributed by atoms with Gasteiger partial charge in [-0.25, -0.2) is 4.79 Å². The molecule has 1 aliphatic heterocycles. The lowest BCUT2D eigenvalue weighted by molar-refractivity contribution is 0.184. The number of aromatic nitrogens is 1. The maximum atomic E-state index is 12.9. The first-order valence-corrected chi connectivity index (χ1v) is 9.97. The van der Waals surface area contributed by atoms with E-state index in [9.17, 15) is 4.79 Å². The lowest BCUT2D eigenvalue weighted by atomic mass is 9.90. The molecule has 3 rings (SSSR count). The summed E-state index contributed by atoms with van der Waals surface area (Å²) >= 11 is 1.70. The van der Waals surface area contributed by atoms with E-state index in [2.05, 4.69) is 47.5 Å². The second-order valence-corrected chi connectivity index (χ2v) is 8.66. The van der Waals surface area contributed by atoms with Crippen molar-refractivity contribution in [1.82, 2.24) is 20.1 Å². The van der Waals surface area contributed by atoms with Crippen molar-refractivity contribution in [3.05, 3.63) is 52.0 Å². The summed E-state index contributed by atoms with van der Waals surface area (Å²) in [5.41, 5.74) is 2.29. The number of carbonyl (C=O) groups is 1. The van der Waals surface area contributed by atoms with Crippen molar-refractivity contribution < 1.29 is 4.79 Å². The SMILES string of the molecule is Cc1ccsc1CN(Cc1ccccn1)C(=O)NC[C@@]1(C)CCN(C)C1. The number of carbonyl (C=O) groups excluding carboxylic acids is 1. The van der Waals surface area contributed by atoms with Gasteiger partial charge in [-0.15, -0.1) is 11.3 Å². The van der Waals surface area contributed by atoms with Crippen LogP contribution in [0.15, 0.2) is 35.8 Å². The molecule has 1 atom stereocenters. The Morgan fingerprint density at radius 3 is 2.85 bits per heavy atom. The van der Waals surface area contributed by atoms with Gasteiger partial charge >= 0.3 is 6.03 Å². The van der Waals surface area contributed by atoms with E-state index in [1.165, 1.54) is 10.4 Å². The zero-order chi connectivity index (χ0) is 18.6. The summed E-state index contributed by atoms with van der Waals surface area (Å²) < 4.78 is 0. The molecule has 0 aliphatic carbocycles. The highest BCUT2D eigenvalue weighted by Crippen LogP contribution is 2.28. The average Bonchev–Trinajstić information content (AvgIpc) is 3.19. The highest BCUT2D eigenvalue weighted by Gasteiger charge is 2.32. The molecule has 3 heterocycles. The zero-order valence-corrected chi connectivity index (χ0v) is 16.7. The highest BCUT2D eigenvalue weighted by molar-refractivity contribution is 7.10. The number of pyridine rings is 1. The van der Waals surface area contributed by atoms with Crippen molar-refractivity contribution in [1.29, 1.82) is 0 Å². The second-order valence-electron chi connectivity index (χ2n) is 7.66. The van der Waals surface area contributed by atoms with Gasteiger partial charge in [0.1, 0.15) is 0 Å². The van der Waals surface area contributed by atoms with Gasteiger partial charge in [-0.1, -0.05) is 13.0 Å². The van der Waals surface area contributed by atoms with Gasteiger partial charge in [-0.3, -0.25) is 4.98 Å². The summed E-state index contributed by atoms with van der Waals surface area (Å²) in [6, 6.07) is 7.92. The molecule has 0 bridgehead atoms. The van der Waals surface area contributed by atoms with E-state index in [4.69, 9.17) is 0 Å². The number of urea groups is 1. The Bertz CT molecular complexity index is 732. The largest absolute Gasteiger partial charge is 0.337 e. The van der Waals surface area contributed by atoms with E-state index in [0.29, 0.717) is 19.6 Å². The Morgan fingerprint density at radius 2 is 2.23 bits per heavy atom. The van der Waals surface area contributed by atoms with Gasteiger partial charge in [0.15, 0.2) is 0 Å². The Kier molecular flexibility index (Phi) is 5.94. The molecule has 0 unspecified atom stereocenters. The van der Waals surface area contributed by atoms with Crippen LogP contribution in [-0.2, 0) is 13.1 Å². The third-order valence-corrected chi connectivity index (χ3v) is 6.09. The molecule has 0 saturated carbocycles. The molecular weight excluding hydrogens is 344 g/mol. The Hall–Kier alpha value is -1.92. The standard InChI is InChI=1S/C20H28N4OS/c1-16-7-11-26-18(16)13-24(12-17-6-4-5-9-21-17)19(25)22-14-20(2)8-10-23(3)15-20/h4-7,9,11H,8,10,12-15H2,1-3H3,(H,22,25)/t20-/m1/s1. The summed E-state index contributed by atoms with van der Waals surface area (Å²) in [5, 5.41) is 5.26. The van der Waals surface area contributed by atoms with Crippen LogP contribution in [0.4, 0.5) is 4.79 Å². The molecular formula is C20H28N4OS. The molecule has 1 aliphatic rings. The van der Waals surface area contributed by atoms with E-state index in [-0.39, 0.29) is 11.4 Å². The van der Waals surface area contributed by atoms with E-state index in [1.807, 2.05) is 23.1 Å². The molecule has 2 aromatic rings. The van der Waals surface area contributed by atoms with Crippen LogP contribution in [0.3, 0.4) is 0 Å². The third-order valence-electron chi connectivity index (χ3n) is 5.08. The monoisotopic (exact) mass is 372 g/mol. The molecule has 26 heavy (non-hydrogen) atoms. The molecule has 2 amide bonds. The molecule has 6 heteroatoms. The fourth-order valence-electron chi connectivity index (χ4n) is 3.44.